The second-order valence-corrected chi connectivity index (χ2v) is 8.99. The van der Waals surface area contributed by atoms with E-state index in [1.165, 1.54) is 4.90 Å². The number of hydrogen-bond acceptors (Lipinski definition) is 5. The topological polar surface area (TPSA) is 76.1 Å². The van der Waals surface area contributed by atoms with Crippen LogP contribution in [0.25, 0.3) is 5.76 Å². The fourth-order valence-corrected chi connectivity index (χ4v) is 4.80. The maximum Gasteiger partial charge on any atom is 0.300 e. The van der Waals surface area contributed by atoms with Crippen LogP contribution in [0.2, 0.25) is 0 Å². The lowest BCUT2D eigenvalue weighted by atomic mass is 9.95. The van der Waals surface area contributed by atoms with E-state index in [-0.39, 0.29) is 11.3 Å². The summed E-state index contributed by atoms with van der Waals surface area (Å²) in [5.41, 5.74) is 3.61. The van der Waals surface area contributed by atoms with E-state index >= 15 is 0 Å². The molecule has 174 valence electrons. The molecule has 7 heteroatoms. The number of carbonyl (C=O) groups is 2. The van der Waals surface area contributed by atoms with Gasteiger partial charge in [-0.2, -0.15) is 0 Å². The third-order valence-electron chi connectivity index (χ3n) is 5.79. The zero-order chi connectivity index (χ0) is 24.6. The van der Waals surface area contributed by atoms with Crippen LogP contribution in [-0.2, 0) is 9.59 Å². The van der Waals surface area contributed by atoms with Gasteiger partial charge in [0.25, 0.3) is 11.7 Å². The molecule has 1 unspecified atom stereocenters. The highest BCUT2D eigenvalue weighted by Gasteiger charge is 2.47. The van der Waals surface area contributed by atoms with Gasteiger partial charge in [0, 0.05) is 11.3 Å². The summed E-state index contributed by atoms with van der Waals surface area (Å²) in [6.45, 7) is 3.87. The predicted molar refractivity (Wildman–Crippen MR) is 134 cm³/mol. The van der Waals surface area contributed by atoms with E-state index < -0.39 is 17.7 Å². The molecule has 1 N–H and O–H groups in total. The Morgan fingerprint density at radius 1 is 0.912 bits per heavy atom. The average molecular weight is 522 g/mol. The molecule has 0 aliphatic carbocycles. The van der Waals surface area contributed by atoms with E-state index in [0.29, 0.717) is 32.8 Å². The van der Waals surface area contributed by atoms with Crippen molar-refractivity contribution in [1.82, 2.24) is 0 Å². The number of nitrogens with zero attached hydrogens (tertiary/aromatic N) is 1. The van der Waals surface area contributed by atoms with Crippen LogP contribution in [-0.4, -0.2) is 31.0 Å². The van der Waals surface area contributed by atoms with Gasteiger partial charge in [0.1, 0.15) is 17.3 Å². The molecular weight excluding hydrogens is 498 g/mol. The molecule has 1 aliphatic rings. The Morgan fingerprint density at radius 3 is 2.12 bits per heavy atom. The highest BCUT2D eigenvalue weighted by atomic mass is 79.9. The van der Waals surface area contributed by atoms with Crippen LogP contribution < -0.4 is 14.4 Å². The summed E-state index contributed by atoms with van der Waals surface area (Å²) < 4.78 is 11.2. The van der Waals surface area contributed by atoms with Crippen molar-refractivity contribution in [3.05, 3.63) is 93.0 Å². The molecule has 6 nitrogen and oxygen atoms in total. The number of aryl methyl sites for hydroxylation is 2. The molecule has 0 saturated carbocycles. The average Bonchev–Trinajstić information content (AvgIpc) is 3.08. The second-order valence-electron chi connectivity index (χ2n) is 8.14. The van der Waals surface area contributed by atoms with E-state index in [1.54, 1.807) is 56.7 Å². The van der Waals surface area contributed by atoms with E-state index in [9.17, 15) is 14.7 Å². The van der Waals surface area contributed by atoms with E-state index in [1.807, 2.05) is 32.0 Å². The normalized spacial score (nSPS) is 17.2. The lowest BCUT2D eigenvalue weighted by Gasteiger charge is -2.26. The predicted octanol–water partition coefficient (Wildman–Crippen LogP) is 5.71. The standard InChI is InChI=1S/C27H24BrNO5/c1-15-11-16(2)13-19(12-15)29-24(17-5-8-20(33-3)9-6-17)23(26(31)27(29)32)25(30)18-7-10-22(34-4)21(28)14-18/h5-14,24,30H,1-4H3/b25-23-. The Bertz CT molecular complexity index is 1290. The van der Waals surface area contributed by atoms with Crippen molar-refractivity contribution in [3.63, 3.8) is 0 Å². The van der Waals surface area contributed by atoms with Crippen molar-refractivity contribution >= 4 is 39.1 Å². The van der Waals surface area contributed by atoms with Crippen LogP contribution in [0.5, 0.6) is 11.5 Å². The number of ether oxygens (including phenoxy) is 2. The first-order chi connectivity index (χ1) is 16.2. The van der Waals surface area contributed by atoms with Gasteiger partial charge in [-0.05, 0) is 88.9 Å². The molecule has 4 rings (SSSR count). The number of ketones is 1. The number of amides is 1. The van der Waals surface area contributed by atoms with Crippen LogP contribution in [0.4, 0.5) is 5.69 Å². The molecule has 1 atom stereocenters. The van der Waals surface area contributed by atoms with Crippen molar-refractivity contribution in [1.29, 1.82) is 0 Å². The van der Waals surface area contributed by atoms with Gasteiger partial charge in [-0.15, -0.1) is 0 Å². The minimum absolute atomic E-state index is 0.0198. The van der Waals surface area contributed by atoms with Crippen LogP contribution in [0, 0.1) is 13.8 Å². The maximum atomic E-state index is 13.3. The summed E-state index contributed by atoms with van der Waals surface area (Å²) in [5, 5.41) is 11.3. The van der Waals surface area contributed by atoms with Crippen molar-refractivity contribution in [3.8, 4) is 11.5 Å². The minimum Gasteiger partial charge on any atom is -0.507 e. The molecule has 3 aromatic rings. The molecule has 0 radical (unpaired) electrons. The number of rotatable bonds is 5. The van der Waals surface area contributed by atoms with Gasteiger partial charge >= 0.3 is 0 Å². The molecule has 1 aliphatic heterocycles. The summed E-state index contributed by atoms with van der Waals surface area (Å²) in [7, 11) is 3.11. The van der Waals surface area contributed by atoms with Gasteiger partial charge in [0.05, 0.1) is 30.3 Å². The van der Waals surface area contributed by atoms with Crippen molar-refractivity contribution < 1.29 is 24.2 Å². The Morgan fingerprint density at radius 2 is 1.56 bits per heavy atom. The number of hydrogen-bond donors (Lipinski definition) is 1. The fourth-order valence-electron chi connectivity index (χ4n) is 4.26. The molecule has 3 aromatic carbocycles. The number of halogens is 1. The smallest absolute Gasteiger partial charge is 0.300 e. The quantitative estimate of drug-likeness (QED) is 0.264. The van der Waals surface area contributed by atoms with E-state index in [2.05, 4.69) is 15.9 Å². The first kappa shape index (κ1) is 23.6. The molecule has 1 amide bonds. The summed E-state index contributed by atoms with van der Waals surface area (Å²) in [6.07, 6.45) is 0. The number of benzene rings is 3. The second kappa shape index (κ2) is 9.35. The van der Waals surface area contributed by atoms with Crippen LogP contribution >= 0.6 is 15.9 Å². The fraction of sp³-hybridized carbons (Fsp3) is 0.185. The number of anilines is 1. The summed E-state index contributed by atoms with van der Waals surface area (Å²) in [6, 6.07) is 17.0. The molecule has 1 saturated heterocycles. The van der Waals surface area contributed by atoms with Gasteiger partial charge in [-0.1, -0.05) is 18.2 Å². The van der Waals surface area contributed by atoms with E-state index in [0.717, 1.165) is 11.1 Å². The number of Topliss-reactive ketones (excluding diaryl/α,β-unsaturated/α-hetero) is 1. The minimum atomic E-state index is -0.812. The number of aliphatic hydroxyl groups is 1. The zero-order valence-electron chi connectivity index (χ0n) is 19.3. The van der Waals surface area contributed by atoms with Crippen LogP contribution in [0.1, 0.15) is 28.3 Å². The third kappa shape index (κ3) is 4.19. The van der Waals surface area contributed by atoms with Gasteiger partial charge in [-0.25, -0.2) is 0 Å². The summed E-state index contributed by atoms with van der Waals surface area (Å²) in [5.74, 6) is -0.469. The lowest BCUT2D eigenvalue weighted by Crippen LogP contribution is -2.29. The molecular formula is C27H24BrNO5. The van der Waals surface area contributed by atoms with Crippen LogP contribution in [0.3, 0.4) is 0 Å². The summed E-state index contributed by atoms with van der Waals surface area (Å²) in [4.78, 5) is 28.1. The zero-order valence-corrected chi connectivity index (χ0v) is 20.8. The van der Waals surface area contributed by atoms with E-state index in [4.69, 9.17) is 9.47 Å². The monoisotopic (exact) mass is 521 g/mol. The first-order valence-corrected chi connectivity index (χ1v) is 11.4. The van der Waals surface area contributed by atoms with Gasteiger partial charge in [0.15, 0.2) is 0 Å². The van der Waals surface area contributed by atoms with Gasteiger partial charge < -0.3 is 14.6 Å². The molecule has 0 aromatic heterocycles. The lowest BCUT2D eigenvalue weighted by molar-refractivity contribution is -0.132. The molecule has 0 bridgehead atoms. The SMILES string of the molecule is COc1ccc(C2/C(=C(/O)c3ccc(OC)c(Br)c3)C(=O)C(=O)N2c2cc(C)cc(C)c2)cc1. The largest absolute Gasteiger partial charge is 0.507 e. The third-order valence-corrected chi connectivity index (χ3v) is 6.41. The Hall–Kier alpha value is -3.58. The van der Waals surface area contributed by atoms with Crippen LogP contribution in [0.15, 0.2) is 70.7 Å². The van der Waals surface area contributed by atoms with Crippen molar-refractivity contribution in [2.75, 3.05) is 19.1 Å². The number of aliphatic hydroxyl groups excluding tert-OH is 1. The molecule has 0 spiro atoms. The first-order valence-electron chi connectivity index (χ1n) is 10.6. The van der Waals surface area contributed by atoms with Gasteiger partial charge in [-0.3, -0.25) is 14.5 Å². The number of methoxy groups -OCH3 is 2. The summed E-state index contributed by atoms with van der Waals surface area (Å²) >= 11 is 3.42. The Labute approximate surface area is 206 Å². The Balaban J connectivity index is 1.95. The molecule has 34 heavy (non-hydrogen) atoms. The maximum absolute atomic E-state index is 13.3. The van der Waals surface area contributed by atoms with Crippen molar-refractivity contribution in [2.45, 2.75) is 19.9 Å². The van der Waals surface area contributed by atoms with Gasteiger partial charge in [0.2, 0.25) is 0 Å². The molecule has 1 heterocycles. The number of carbonyl (C=O) groups excluding carboxylic acids is 2. The highest BCUT2D eigenvalue weighted by Crippen LogP contribution is 2.43. The Kier molecular flexibility index (Phi) is 6.48. The molecule has 1 fully saturated rings. The van der Waals surface area contributed by atoms with Crippen molar-refractivity contribution in [2.24, 2.45) is 0 Å². The highest BCUT2D eigenvalue weighted by molar-refractivity contribution is 9.10.